The quantitative estimate of drug-likeness (QED) is 0.817. The molecule has 0 atom stereocenters. The van der Waals surface area contributed by atoms with E-state index in [4.69, 9.17) is 23.2 Å². The van der Waals surface area contributed by atoms with Crippen LogP contribution in [0.15, 0.2) is 42.5 Å². The molecule has 0 aromatic heterocycles. The SMILES string of the molecule is Cc1cccc(N2CCN(C(=O)CCNc3ccc(Cl)c(Cl)c3)CC2)c1. The number of anilines is 2. The molecule has 1 aliphatic heterocycles. The standard InChI is InChI=1S/C20H23Cl2N3O/c1-15-3-2-4-17(13-15)24-9-11-25(12-10-24)20(26)7-8-23-16-5-6-18(21)19(22)14-16/h2-6,13-14,23H,7-12H2,1H3. The number of nitrogens with one attached hydrogen (secondary N) is 1. The van der Waals surface area contributed by atoms with Crippen molar-refractivity contribution in [3.63, 3.8) is 0 Å². The van der Waals surface area contributed by atoms with E-state index in [2.05, 4.69) is 41.4 Å². The molecule has 0 unspecified atom stereocenters. The molecule has 6 heteroatoms. The summed E-state index contributed by atoms with van der Waals surface area (Å²) in [5.41, 5.74) is 3.37. The predicted octanol–water partition coefficient (Wildman–Crippen LogP) is 4.45. The highest BCUT2D eigenvalue weighted by Crippen LogP contribution is 2.25. The summed E-state index contributed by atoms with van der Waals surface area (Å²) in [5.74, 6) is 0.182. The smallest absolute Gasteiger partial charge is 0.224 e. The minimum absolute atomic E-state index is 0.182. The molecule has 2 aromatic rings. The normalized spacial score (nSPS) is 14.4. The molecule has 26 heavy (non-hydrogen) atoms. The van der Waals surface area contributed by atoms with Crippen molar-refractivity contribution in [2.75, 3.05) is 42.9 Å². The van der Waals surface area contributed by atoms with Crippen molar-refractivity contribution in [3.8, 4) is 0 Å². The molecule has 1 saturated heterocycles. The Balaban J connectivity index is 1.44. The van der Waals surface area contributed by atoms with Crippen LogP contribution >= 0.6 is 23.2 Å². The largest absolute Gasteiger partial charge is 0.384 e. The highest BCUT2D eigenvalue weighted by molar-refractivity contribution is 6.42. The van der Waals surface area contributed by atoms with Crippen molar-refractivity contribution in [1.82, 2.24) is 4.90 Å². The number of carbonyl (C=O) groups is 1. The van der Waals surface area contributed by atoms with Crippen molar-refractivity contribution in [1.29, 1.82) is 0 Å². The average Bonchev–Trinajstić information content (AvgIpc) is 2.65. The van der Waals surface area contributed by atoms with Gasteiger partial charge in [-0.15, -0.1) is 0 Å². The highest BCUT2D eigenvalue weighted by Gasteiger charge is 2.20. The van der Waals surface area contributed by atoms with Gasteiger partial charge in [-0.3, -0.25) is 4.79 Å². The van der Waals surface area contributed by atoms with Gasteiger partial charge in [-0.05, 0) is 42.8 Å². The molecule has 1 amide bonds. The summed E-state index contributed by atoms with van der Waals surface area (Å²) in [5, 5.41) is 4.26. The van der Waals surface area contributed by atoms with Crippen LogP contribution in [0.5, 0.6) is 0 Å². The predicted molar refractivity (Wildman–Crippen MR) is 110 cm³/mol. The maximum atomic E-state index is 12.4. The second kappa shape index (κ2) is 8.65. The number of hydrogen-bond donors (Lipinski definition) is 1. The first-order valence-corrected chi connectivity index (χ1v) is 9.57. The Morgan fingerprint density at radius 3 is 2.50 bits per heavy atom. The van der Waals surface area contributed by atoms with Gasteiger partial charge in [0.15, 0.2) is 0 Å². The molecule has 1 heterocycles. The number of carbonyl (C=O) groups excluding carboxylic acids is 1. The van der Waals surface area contributed by atoms with Crippen LogP contribution in [0.3, 0.4) is 0 Å². The molecule has 0 saturated carbocycles. The first-order chi connectivity index (χ1) is 12.5. The van der Waals surface area contributed by atoms with Gasteiger partial charge in [-0.25, -0.2) is 0 Å². The number of nitrogens with zero attached hydrogens (tertiary/aromatic N) is 2. The van der Waals surface area contributed by atoms with Crippen molar-refractivity contribution >= 4 is 40.5 Å². The van der Waals surface area contributed by atoms with Gasteiger partial charge in [-0.2, -0.15) is 0 Å². The third-order valence-corrected chi connectivity index (χ3v) is 5.33. The van der Waals surface area contributed by atoms with Crippen molar-refractivity contribution in [3.05, 3.63) is 58.1 Å². The van der Waals surface area contributed by atoms with Crippen LogP contribution in [-0.4, -0.2) is 43.5 Å². The van der Waals surface area contributed by atoms with Gasteiger partial charge < -0.3 is 15.1 Å². The summed E-state index contributed by atoms with van der Waals surface area (Å²) in [6.45, 7) is 5.95. The van der Waals surface area contributed by atoms with E-state index in [1.54, 1.807) is 12.1 Å². The lowest BCUT2D eigenvalue weighted by atomic mass is 10.2. The van der Waals surface area contributed by atoms with Crippen LogP contribution in [0.4, 0.5) is 11.4 Å². The van der Waals surface area contributed by atoms with Crippen LogP contribution in [0.1, 0.15) is 12.0 Å². The van der Waals surface area contributed by atoms with E-state index in [9.17, 15) is 4.79 Å². The Labute approximate surface area is 164 Å². The van der Waals surface area contributed by atoms with E-state index in [0.717, 1.165) is 31.9 Å². The zero-order valence-electron chi connectivity index (χ0n) is 14.8. The summed E-state index contributed by atoms with van der Waals surface area (Å²) >= 11 is 11.9. The summed E-state index contributed by atoms with van der Waals surface area (Å²) in [7, 11) is 0. The fraction of sp³-hybridized carbons (Fsp3) is 0.350. The topological polar surface area (TPSA) is 35.6 Å². The summed E-state index contributed by atoms with van der Waals surface area (Å²) in [6, 6.07) is 13.9. The fourth-order valence-corrected chi connectivity index (χ4v) is 3.41. The Morgan fingerprint density at radius 2 is 1.81 bits per heavy atom. The second-order valence-electron chi connectivity index (χ2n) is 6.51. The number of piperazine rings is 1. The third-order valence-electron chi connectivity index (χ3n) is 4.59. The Bertz CT molecular complexity index is 773. The Hall–Kier alpha value is -1.91. The van der Waals surface area contributed by atoms with Gasteiger partial charge in [-0.1, -0.05) is 35.3 Å². The number of aryl methyl sites for hydroxylation is 1. The van der Waals surface area contributed by atoms with Gasteiger partial charge >= 0.3 is 0 Å². The lowest BCUT2D eigenvalue weighted by molar-refractivity contribution is -0.131. The first-order valence-electron chi connectivity index (χ1n) is 8.81. The molecular formula is C20H23Cl2N3O. The molecule has 0 aliphatic carbocycles. The van der Waals surface area contributed by atoms with Crippen LogP contribution in [0, 0.1) is 6.92 Å². The summed E-state index contributed by atoms with van der Waals surface area (Å²) in [4.78, 5) is 16.7. The zero-order valence-corrected chi connectivity index (χ0v) is 16.4. The van der Waals surface area contributed by atoms with E-state index in [-0.39, 0.29) is 5.91 Å². The molecule has 0 radical (unpaired) electrons. The number of hydrogen-bond acceptors (Lipinski definition) is 3. The van der Waals surface area contributed by atoms with Crippen LogP contribution in [0.25, 0.3) is 0 Å². The van der Waals surface area contributed by atoms with Gasteiger partial charge in [0.2, 0.25) is 5.91 Å². The van der Waals surface area contributed by atoms with Crippen LogP contribution in [-0.2, 0) is 4.79 Å². The zero-order chi connectivity index (χ0) is 18.5. The molecule has 3 rings (SSSR count). The van der Waals surface area contributed by atoms with E-state index >= 15 is 0 Å². The maximum absolute atomic E-state index is 12.4. The molecule has 0 bridgehead atoms. The van der Waals surface area contributed by atoms with E-state index in [1.807, 2.05) is 11.0 Å². The van der Waals surface area contributed by atoms with Gasteiger partial charge in [0, 0.05) is 50.5 Å². The molecular weight excluding hydrogens is 369 g/mol. The molecule has 2 aromatic carbocycles. The van der Waals surface area contributed by atoms with Crippen molar-refractivity contribution < 1.29 is 4.79 Å². The molecule has 4 nitrogen and oxygen atoms in total. The lowest BCUT2D eigenvalue weighted by Crippen LogP contribution is -2.49. The van der Waals surface area contributed by atoms with Gasteiger partial charge in [0.25, 0.3) is 0 Å². The first kappa shape index (κ1) is 18.9. The molecule has 138 valence electrons. The van der Waals surface area contributed by atoms with Crippen LogP contribution in [0.2, 0.25) is 10.0 Å². The van der Waals surface area contributed by atoms with Gasteiger partial charge in [0.1, 0.15) is 0 Å². The van der Waals surface area contributed by atoms with Crippen molar-refractivity contribution in [2.45, 2.75) is 13.3 Å². The second-order valence-corrected chi connectivity index (χ2v) is 7.33. The number of benzene rings is 2. The highest BCUT2D eigenvalue weighted by atomic mass is 35.5. The van der Waals surface area contributed by atoms with E-state index in [1.165, 1.54) is 11.3 Å². The third kappa shape index (κ3) is 4.83. The fourth-order valence-electron chi connectivity index (χ4n) is 3.12. The molecule has 0 spiro atoms. The number of amides is 1. The van der Waals surface area contributed by atoms with E-state index in [0.29, 0.717) is 23.0 Å². The van der Waals surface area contributed by atoms with E-state index < -0.39 is 0 Å². The minimum atomic E-state index is 0.182. The molecule has 1 fully saturated rings. The molecule has 1 N–H and O–H groups in total. The minimum Gasteiger partial charge on any atom is -0.384 e. The average molecular weight is 392 g/mol. The van der Waals surface area contributed by atoms with Crippen LogP contribution < -0.4 is 10.2 Å². The van der Waals surface area contributed by atoms with Gasteiger partial charge in [0.05, 0.1) is 10.0 Å². The maximum Gasteiger partial charge on any atom is 0.224 e. The monoisotopic (exact) mass is 391 g/mol. The Morgan fingerprint density at radius 1 is 1.04 bits per heavy atom. The number of rotatable bonds is 5. The number of halogens is 2. The molecule has 1 aliphatic rings. The van der Waals surface area contributed by atoms with Crippen molar-refractivity contribution in [2.24, 2.45) is 0 Å². The Kier molecular flexibility index (Phi) is 6.28. The lowest BCUT2D eigenvalue weighted by Gasteiger charge is -2.36. The summed E-state index contributed by atoms with van der Waals surface area (Å²) in [6.07, 6.45) is 0.463. The summed E-state index contributed by atoms with van der Waals surface area (Å²) < 4.78 is 0.